The lowest BCUT2D eigenvalue weighted by Gasteiger charge is -2.32. The molecule has 1 aliphatic heterocycles. The zero-order chi connectivity index (χ0) is 84.2. The molecular weight excluding hydrogens is 1480 g/mol. The first-order chi connectivity index (χ1) is 52.7. The third-order valence-electron chi connectivity index (χ3n) is 18.1. The number of carboxylic acids is 4. The summed E-state index contributed by atoms with van der Waals surface area (Å²) in [6.45, 7) is 6.68. The number of aromatic nitrogens is 1. The van der Waals surface area contributed by atoms with Gasteiger partial charge in [0.15, 0.2) is 0 Å². The number of carbonyl (C=O) groups is 20. The fourth-order valence-corrected chi connectivity index (χ4v) is 11.4. The van der Waals surface area contributed by atoms with Crippen LogP contribution in [0.4, 0.5) is 0 Å². The zero-order valence-corrected chi connectivity index (χ0v) is 63.4. The standard InChI is InChI=1S/C70H105N17O25/c1-8-34(3)17-12-10-11-13-21-51(90)78-43(25-38-31-74-40-19-15-14-18-39(38)40)65(106)82-45(27-50(73)89)67(108)84-48(30-57(99)100)68(109)86-59-37(6)112-70(111)58(35(4)9-2)85-63(104)42(22-23-54(93)94)80-66(107)44(26-49(72)88)79-52(91)32-75-61(102)46(28-55(95)96)81-60(101)36(5)76-64(105)47(29-56(97)98)83-62(103)41(20-16-24-71)77-53(92)33-87(7)69(59)110/h14-15,18-19,31,34-37,41-48,58-59,74H,8-13,16-17,20-30,32-33,71H2,1-7H3,(H2,72,88)(H2,73,89)(H,75,102)(H,76,105)(H,77,92)(H,78,90)(H,79,91)(H,80,107)(H,81,101)(H,82,106)(H,83,103)(H,84,108)(H,85,104)(H,86,109)(H,93,94)(H,95,96)(H,97,98)(H,99,100). The van der Waals surface area contributed by atoms with E-state index in [2.05, 4.69) is 72.0 Å². The summed E-state index contributed by atoms with van der Waals surface area (Å²) in [7, 11) is 0.931. The maximum atomic E-state index is 15.0. The molecule has 620 valence electrons. The number of benzene rings is 1. The summed E-state index contributed by atoms with van der Waals surface area (Å²) in [5, 5.41) is 66.6. The maximum Gasteiger partial charge on any atom is 0.329 e. The minimum Gasteiger partial charge on any atom is -0.481 e. The summed E-state index contributed by atoms with van der Waals surface area (Å²) in [5.41, 5.74) is 17.9. The Morgan fingerprint density at radius 3 is 1.72 bits per heavy atom. The van der Waals surface area contributed by atoms with Crippen LogP contribution in [0.2, 0.25) is 0 Å². The van der Waals surface area contributed by atoms with Crippen molar-refractivity contribution in [2.75, 3.05) is 26.7 Å². The van der Waals surface area contributed by atoms with Gasteiger partial charge in [-0.05, 0) is 69.5 Å². The largest absolute Gasteiger partial charge is 0.481 e. The molecule has 1 aromatic heterocycles. The lowest BCUT2D eigenvalue weighted by molar-refractivity contribution is -0.159. The van der Waals surface area contributed by atoms with Crippen LogP contribution in [0, 0.1) is 11.8 Å². The van der Waals surface area contributed by atoms with Gasteiger partial charge in [-0.2, -0.15) is 0 Å². The van der Waals surface area contributed by atoms with Crippen LogP contribution < -0.4 is 81.0 Å². The van der Waals surface area contributed by atoms with Crippen molar-refractivity contribution in [2.24, 2.45) is 29.0 Å². The molecule has 0 radical (unpaired) electrons. The number of aromatic amines is 1. The molecule has 42 heteroatoms. The monoisotopic (exact) mass is 1580 g/mol. The maximum absolute atomic E-state index is 15.0. The predicted octanol–water partition coefficient (Wildman–Crippen LogP) is -5.21. The first kappa shape index (κ1) is 94.3. The van der Waals surface area contributed by atoms with E-state index < -0.39 is 255 Å². The van der Waals surface area contributed by atoms with E-state index in [0.29, 0.717) is 40.1 Å². The second-order valence-corrected chi connectivity index (χ2v) is 27.3. The molecule has 3 rings (SSSR count). The number of hydrogen-bond donors (Lipinski definition) is 20. The van der Waals surface area contributed by atoms with Crippen LogP contribution in [-0.4, -0.2) is 248 Å². The molecular formula is C70H105N17O25. The van der Waals surface area contributed by atoms with Gasteiger partial charge in [0.25, 0.3) is 0 Å². The van der Waals surface area contributed by atoms with Crippen LogP contribution in [-0.2, 0) is 107 Å². The fraction of sp³-hybridized carbons (Fsp3) is 0.600. The number of amides is 15. The molecule has 0 spiro atoms. The van der Waals surface area contributed by atoms with Gasteiger partial charge < -0.3 is 116 Å². The average Bonchev–Trinajstić information content (AvgIpc) is 1.54. The summed E-state index contributed by atoms with van der Waals surface area (Å²) in [5.74, 6) is -27.8. The number of carbonyl (C=O) groups excluding carboxylic acids is 16. The molecule has 42 nitrogen and oxygen atoms in total. The number of esters is 1. The van der Waals surface area contributed by atoms with Crippen molar-refractivity contribution < 1.29 is 121 Å². The van der Waals surface area contributed by atoms with Crippen molar-refractivity contribution >= 4 is 129 Å². The smallest absolute Gasteiger partial charge is 0.329 e. The highest BCUT2D eigenvalue weighted by Gasteiger charge is 2.41. The van der Waals surface area contributed by atoms with E-state index in [1.54, 1.807) is 30.5 Å². The van der Waals surface area contributed by atoms with Gasteiger partial charge in [-0.25, -0.2) is 4.79 Å². The van der Waals surface area contributed by atoms with E-state index >= 15 is 0 Å². The zero-order valence-electron chi connectivity index (χ0n) is 63.4. The number of aliphatic carboxylic acids is 4. The Morgan fingerprint density at radius 2 is 1.12 bits per heavy atom. The number of H-pyrrole nitrogens is 1. The Labute approximate surface area is 643 Å². The normalized spacial score (nSPS) is 21.9. The molecule has 23 N–H and O–H groups in total. The molecule has 14 atom stereocenters. The Kier molecular flexibility index (Phi) is 39.8. The quantitative estimate of drug-likeness (QED) is 0.0227. The van der Waals surface area contributed by atoms with Gasteiger partial charge in [-0.1, -0.05) is 84.4 Å². The second-order valence-electron chi connectivity index (χ2n) is 27.3. The van der Waals surface area contributed by atoms with Crippen LogP contribution in [0.5, 0.6) is 0 Å². The number of nitrogens with two attached hydrogens (primary N) is 3. The van der Waals surface area contributed by atoms with Crippen molar-refractivity contribution in [3.8, 4) is 0 Å². The van der Waals surface area contributed by atoms with Gasteiger partial charge in [-0.3, -0.25) is 91.1 Å². The molecule has 15 amide bonds. The number of nitrogens with one attached hydrogen (secondary N) is 13. The van der Waals surface area contributed by atoms with Gasteiger partial charge >= 0.3 is 29.8 Å². The van der Waals surface area contributed by atoms with Gasteiger partial charge in [0, 0.05) is 43.4 Å². The number of rotatable bonds is 35. The van der Waals surface area contributed by atoms with Crippen LogP contribution in [0.1, 0.15) is 156 Å². The third kappa shape index (κ3) is 33.1. The Balaban J connectivity index is 2.23. The van der Waals surface area contributed by atoms with Crippen molar-refractivity contribution in [1.29, 1.82) is 0 Å². The van der Waals surface area contributed by atoms with Crippen LogP contribution in [0.25, 0.3) is 10.9 Å². The molecule has 0 saturated carbocycles. The van der Waals surface area contributed by atoms with E-state index in [0.717, 1.165) is 46.6 Å². The lowest BCUT2D eigenvalue weighted by Crippen LogP contribution is -2.62. The molecule has 112 heavy (non-hydrogen) atoms. The minimum absolute atomic E-state index is 0.00479. The Bertz CT molecular complexity index is 3740. The number of carboxylic acid groups (broad SMARTS) is 4. The van der Waals surface area contributed by atoms with Crippen LogP contribution in [0.15, 0.2) is 30.5 Å². The number of unbranched alkanes of at least 4 members (excludes halogenated alkanes) is 3. The van der Waals surface area contributed by atoms with Gasteiger partial charge in [-0.15, -0.1) is 0 Å². The molecule has 1 saturated heterocycles. The lowest BCUT2D eigenvalue weighted by atomic mass is 9.98. The number of ether oxygens (including phenoxy) is 1. The Hall–Kier alpha value is -11.9. The number of likely N-dealkylation sites (N-methyl/N-ethyl adjacent to an activating group) is 1. The number of cyclic esters (lactones) is 1. The molecule has 2 heterocycles. The number of primary amides is 2. The molecule has 1 aromatic carbocycles. The second kappa shape index (κ2) is 47.2. The number of fused-ring (bicyclic) bond motifs is 1. The average molecular weight is 1580 g/mol. The van der Waals surface area contributed by atoms with Gasteiger partial charge in [0.1, 0.15) is 72.6 Å². The number of hydrogen-bond acceptors (Lipinski definition) is 22. The van der Waals surface area contributed by atoms with Gasteiger partial charge in [0.05, 0.1) is 45.2 Å². The first-order valence-electron chi connectivity index (χ1n) is 36.4. The SMILES string of the molecule is CCC(C)CCCCCCC(=O)NC(Cc1c[nH]c2ccccc12)C(=O)NC(CC(N)=O)C(=O)NC(CC(=O)O)C(=O)NC1C(=O)N(C)CC(=O)NC(CCCN)C(=O)NC(CC(=O)O)C(=O)NC(C)C(=O)NC(CC(=O)O)C(=O)NCC(=O)NC(CC(N)=O)C(=O)NC(CCC(=O)O)C(=O)NC(C(C)CC)C(=O)OC1C. The van der Waals surface area contributed by atoms with E-state index in [1.807, 2.05) is 10.6 Å². The van der Waals surface area contributed by atoms with E-state index in [9.17, 15) is 116 Å². The highest BCUT2D eigenvalue weighted by Crippen LogP contribution is 2.21. The topological polar surface area (TPSA) is 673 Å². The molecule has 14 unspecified atom stereocenters. The van der Waals surface area contributed by atoms with Crippen molar-refractivity contribution in [2.45, 2.75) is 230 Å². The van der Waals surface area contributed by atoms with Crippen molar-refractivity contribution in [3.05, 3.63) is 36.0 Å². The molecule has 0 bridgehead atoms. The summed E-state index contributed by atoms with van der Waals surface area (Å²) in [4.78, 5) is 275. The molecule has 1 fully saturated rings. The highest BCUT2D eigenvalue weighted by molar-refractivity contribution is 6.02. The third-order valence-corrected chi connectivity index (χ3v) is 18.1. The van der Waals surface area contributed by atoms with E-state index in [4.69, 9.17) is 21.9 Å². The minimum atomic E-state index is -2.32. The van der Waals surface area contributed by atoms with E-state index in [1.165, 1.54) is 13.8 Å². The van der Waals surface area contributed by atoms with Crippen LogP contribution >= 0.6 is 0 Å². The Morgan fingerprint density at radius 1 is 0.571 bits per heavy atom. The van der Waals surface area contributed by atoms with Crippen LogP contribution in [0.3, 0.4) is 0 Å². The van der Waals surface area contributed by atoms with E-state index in [-0.39, 0.29) is 38.6 Å². The van der Waals surface area contributed by atoms with Crippen molar-refractivity contribution in [1.82, 2.24) is 73.7 Å². The number of para-hydroxylation sites is 1. The number of nitrogens with zero attached hydrogens (tertiary/aromatic N) is 1. The molecule has 1 aliphatic rings. The highest BCUT2D eigenvalue weighted by atomic mass is 16.5. The summed E-state index contributed by atoms with van der Waals surface area (Å²) >= 11 is 0. The van der Waals surface area contributed by atoms with Crippen molar-refractivity contribution in [3.63, 3.8) is 0 Å². The summed E-state index contributed by atoms with van der Waals surface area (Å²) < 4.78 is 5.77. The van der Waals surface area contributed by atoms with Gasteiger partial charge in [0.2, 0.25) is 88.6 Å². The summed E-state index contributed by atoms with van der Waals surface area (Å²) in [6, 6.07) is -14.7. The molecule has 0 aliphatic carbocycles. The summed E-state index contributed by atoms with van der Waals surface area (Å²) in [6.07, 6.45) is -3.56. The first-order valence-corrected chi connectivity index (χ1v) is 36.4. The predicted molar refractivity (Wildman–Crippen MR) is 391 cm³/mol. The fourth-order valence-electron chi connectivity index (χ4n) is 11.4. The molecule has 2 aromatic rings.